The summed E-state index contributed by atoms with van der Waals surface area (Å²) >= 11 is 0. The fourth-order valence-corrected chi connectivity index (χ4v) is 5.04. The number of fused-ring (bicyclic) bond motifs is 1. The van der Waals surface area contributed by atoms with Crippen LogP contribution in [0.1, 0.15) is 80.1 Å². The zero-order valence-corrected chi connectivity index (χ0v) is 16.0. The Morgan fingerprint density at radius 2 is 1.82 bits per heavy atom. The standard InChI is InChI=1S/C22H38/c1-9-16(4)17(5)10-11-21(8)14-22(13-20(21)22)12-18(6)19(7)15(2)3/h16-17,19-20H,2,6,9-14H2,1,3-5,7-8H3. The molecule has 6 atom stereocenters. The predicted molar refractivity (Wildman–Crippen MR) is 98.9 cm³/mol. The van der Waals surface area contributed by atoms with Gasteiger partial charge in [-0.1, -0.05) is 65.3 Å². The number of hydrogen-bond acceptors (Lipinski definition) is 0. The van der Waals surface area contributed by atoms with Crippen LogP contribution in [-0.4, -0.2) is 0 Å². The van der Waals surface area contributed by atoms with Crippen molar-refractivity contribution < 1.29 is 0 Å². The van der Waals surface area contributed by atoms with Crippen LogP contribution < -0.4 is 0 Å². The van der Waals surface area contributed by atoms with Crippen molar-refractivity contribution in [1.82, 2.24) is 0 Å². The van der Waals surface area contributed by atoms with Crippen LogP contribution in [0.4, 0.5) is 0 Å². The van der Waals surface area contributed by atoms with Crippen LogP contribution >= 0.6 is 0 Å². The van der Waals surface area contributed by atoms with Crippen molar-refractivity contribution in [2.75, 3.05) is 0 Å². The molecule has 0 aliphatic heterocycles. The van der Waals surface area contributed by atoms with Gasteiger partial charge in [-0.3, -0.25) is 0 Å². The Kier molecular flexibility index (Phi) is 5.00. The van der Waals surface area contributed by atoms with Gasteiger partial charge in [0.25, 0.3) is 0 Å². The first-order valence-corrected chi connectivity index (χ1v) is 9.48. The molecule has 2 rings (SSSR count). The molecule has 22 heavy (non-hydrogen) atoms. The SMILES string of the molecule is C=C(C)C(C)C(=C)CC12CC1C(C)(CCC(C)C(C)CC)C2. The van der Waals surface area contributed by atoms with Gasteiger partial charge in [-0.05, 0) is 73.5 Å². The fourth-order valence-electron chi connectivity index (χ4n) is 5.04. The van der Waals surface area contributed by atoms with Gasteiger partial charge in [-0.2, -0.15) is 0 Å². The normalized spacial score (nSPS) is 36.7. The Labute approximate surface area is 139 Å². The van der Waals surface area contributed by atoms with Crippen molar-refractivity contribution in [1.29, 1.82) is 0 Å². The molecular weight excluding hydrogens is 264 g/mol. The highest BCUT2D eigenvalue weighted by molar-refractivity contribution is 5.26. The average Bonchev–Trinajstić information content (AvgIpc) is 3.09. The molecule has 2 aliphatic rings. The van der Waals surface area contributed by atoms with Gasteiger partial charge in [-0.15, -0.1) is 0 Å². The molecule has 0 heteroatoms. The van der Waals surface area contributed by atoms with Crippen molar-refractivity contribution in [2.24, 2.45) is 34.5 Å². The van der Waals surface area contributed by atoms with E-state index in [4.69, 9.17) is 0 Å². The van der Waals surface area contributed by atoms with Gasteiger partial charge in [0.1, 0.15) is 0 Å². The lowest BCUT2D eigenvalue weighted by Gasteiger charge is -2.46. The number of hydrogen-bond donors (Lipinski definition) is 0. The molecule has 0 aromatic carbocycles. The lowest BCUT2D eigenvalue weighted by Crippen LogP contribution is -2.37. The van der Waals surface area contributed by atoms with E-state index in [1.165, 1.54) is 49.7 Å². The van der Waals surface area contributed by atoms with Crippen molar-refractivity contribution in [3.8, 4) is 0 Å². The lowest BCUT2D eigenvalue weighted by atomic mass is 9.58. The first kappa shape index (κ1) is 17.8. The Hall–Kier alpha value is -0.520. The van der Waals surface area contributed by atoms with E-state index in [1.807, 2.05) is 0 Å². The summed E-state index contributed by atoms with van der Waals surface area (Å²) in [6, 6.07) is 0. The molecule has 0 heterocycles. The second-order valence-corrected chi connectivity index (χ2v) is 9.25. The van der Waals surface area contributed by atoms with E-state index >= 15 is 0 Å². The van der Waals surface area contributed by atoms with Gasteiger partial charge in [-0.25, -0.2) is 0 Å². The summed E-state index contributed by atoms with van der Waals surface area (Å²) < 4.78 is 0. The molecule has 2 aliphatic carbocycles. The maximum absolute atomic E-state index is 4.36. The fraction of sp³-hybridized carbons (Fsp3) is 0.818. The first-order chi connectivity index (χ1) is 10.1. The largest absolute Gasteiger partial charge is 0.0995 e. The van der Waals surface area contributed by atoms with Gasteiger partial charge in [0.2, 0.25) is 0 Å². The summed E-state index contributed by atoms with van der Waals surface area (Å²) in [6.07, 6.45) is 8.34. The molecule has 0 radical (unpaired) electrons. The topological polar surface area (TPSA) is 0 Å². The van der Waals surface area contributed by atoms with Crippen molar-refractivity contribution in [3.05, 3.63) is 24.3 Å². The third kappa shape index (κ3) is 3.22. The van der Waals surface area contributed by atoms with Crippen LogP contribution in [-0.2, 0) is 0 Å². The van der Waals surface area contributed by atoms with E-state index in [-0.39, 0.29) is 0 Å². The van der Waals surface area contributed by atoms with Crippen LogP contribution in [0.15, 0.2) is 24.3 Å². The molecule has 0 saturated heterocycles. The quantitative estimate of drug-likeness (QED) is 0.401. The zero-order valence-electron chi connectivity index (χ0n) is 16.0. The molecule has 0 aromatic rings. The van der Waals surface area contributed by atoms with E-state index in [9.17, 15) is 0 Å². The Balaban J connectivity index is 1.81. The van der Waals surface area contributed by atoms with Crippen LogP contribution in [0, 0.1) is 34.5 Å². The second kappa shape index (κ2) is 6.17. The highest BCUT2D eigenvalue weighted by Gasteiger charge is 2.71. The van der Waals surface area contributed by atoms with E-state index < -0.39 is 0 Å². The highest BCUT2D eigenvalue weighted by atomic mass is 14.8. The summed E-state index contributed by atoms with van der Waals surface area (Å²) in [5.74, 6) is 3.24. The van der Waals surface area contributed by atoms with Crippen molar-refractivity contribution in [3.63, 3.8) is 0 Å². The van der Waals surface area contributed by atoms with Gasteiger partial charge < -0.3 is 0 Å². The average molecular weight is 303 g/mol. The number of allylic oxidation sites excluding steroid dienone is 2. The molecule has 0 N–H and O–H groups in total. The van der Waals surface area contributed by atoms with Gasteiger partial charge in [0, 0.05) is 0 Å². The van der Waals surface area contributed by atoms with E-state index in [2.05, 4.69) is 54.7 Å². The molecule has 0 bridgehead atoms. The van der Waals surface area contributed by atoms with E-state index in [0.717, 1.165) is 17.8 Å². The summed E-state index contributed by atoms with van der Waals surface area (Å²) in [5, 5.41) is 0. The van der Waals surface area contributed by atoms with Crippen LogP contribution in [0.3, 0.4) is 0 Å². The summed E-state index contributed by atoms with van der Waals surface area (Å²) in [6.45, 7) is 22.6. The molecular formula is C22H38. The Morgan fingerprint density at radius 1 is 1.18 bits per heavy atom. The summed E-state index contributed by atoms with van der Waals surface area (Å²) in [4.78, 5) is 0. The monoisotopic (exact) mass is 302 g/mol. The Bertz CT molecular complexity index is 445. The van der Waals surface area contributed by atoms with Gasteiger partial charge >= 0.3 is 0 Å². The Morgan fingerprint density at radius 3 is 2.32 bits per heavy atom. The number of rotatable bonds is 9. The minimum Gasteiger partial charge on any atom is -0.0995 e. The third-order valence-electron chi connectivity index (χ3n) is 7.50. The van der Waals surface area contributed by atoms with Crippen LogP contribution in [0.2, 0.25) is 0 Å². The minimum absolute atomic E-state index is 0.493. The second-order valence-electron chi connectivity index (χ2n) is 9.25. The van der Waals surface area contributed by atoms with Crippen LogP contribution in [0.5, 0.6) is 0 Å². The van der Waals surface area contributed by atoms with Gasteiger partial charge in [0.15, 0.2) is 0 Å². The molecule has 0 aromatic heterocycles. The van der Waals surface area contributed by atoms with Crippen LogP contribution in [0.25, 0.3) is 0 Å². The minimum atomic E-state index is 0.493. The molecule has 2 fully saturated rings. The maximum atomic E-state index is 4.36. The molecule has 0 spiro atoms. The molecule has 126 valence electrons. The first-order valence-electron chi connectivity index (χ1n) is 9.48. The smallest absolute Gasteiger partial charge is 0.00294 e. The predicted octanol–water partition coefficient (Wildman–Crippen LogP) is 7.02. The maximum Gasteiger partial charge on any atom is -0.00294 e. The molecule has 0 amide bonds. The van der Waals surface area contributed by atoms with E-state index in [1.54, 1.807) is 0 Å². The molecule has 6 unspecified atom stereocenters. The van der Waals surface area contributed by atoms with Crippen molar-refractivity contribution in [2.45, 2.75) is 80.1 Å². The van der Waals surface area contributed by atoms with Crippen molar-refractivity contribution >= 4 is 0 Å². The third-order valence-corrected chi connectivity index (χ3v) is 7.50. The summed E-state index contributed by atoms with van der Waals surface area (Å²) in [5.41, 5.74) is 3.97. The van der Waals surface area contributed by atoms with E-state index in [0.29, 0.717) is 16.7 Å². The van der Waals surface area contributed by atoms with Gasteiger partial charge in [0.05, 0.1) is 0 Å². The highest BCUT2D eigenvalue weighted by Crippen LogP contribution is 2.80. The lowest BCUT2D eigenvalue weighted by molar-refractivity contribution is 0.0440. The summed E-state index contributed by atoms with van der Waals surface area (Å²) in [7, 11) is 0. The zero-order chi connectivity index (χ0) is 16.7. The molecule has 0 nitrogen and oxygen atoms in total. The molecule has 2 saturated carbocycles.